The molecule has 0 saturated carbocycles. The molecule has 3 heteroatoms. The molecular weight excluding hydrogens is 146 g/mol. The molecule has 0 unspecified atom stereocenters. The van der Waals surface area contributed by atoms with Crippen molar-refractivity contribution in [1.29, 1.82) is 0 Å². The molecule has 0 radical (unpaired) electrons. The van der Waals surface area contributed by atoms with Crippen LogP contribution < -0.4 is 0 Å². The lowest BCUT2D eigenvalue weighted by molar-refractivity contribution is 0.102. The van der Waals surface area contributed by atoms with Gasteiger partial charge in [0.25, 0.3) is 0 Å². The maximum absolute atomic E-state index is 10.7. The van der Waals surface area contributed by atoms with E-state index in [0.29, 0.717) is 9.88 Å². The van der Waals surface area contributed by atoms with Crippen molar-refractivity contribution in [3.8, 4) is 0 Å². The Hall–Kier alpha value is -1.14. The second-order valence-electron chi connectivity index (χ2n) is 1.81. The number of hydrogen-bond acceptors (Lipinski definition) is 2. The van der Waals surface area contributed by atoms with Gasteiger partial charge in [0.15, 0.2) is 5.78 Å². The summed E-state index contributed by atoms with van der Waals surface area (Å²) in [6.07, 6.45) is 0. The van der Waals surface area contributed by atoms with Crippen molar-refractivity contribution in [2.24, 2.45) is 0 Å². The van der Waals surface area contributed by atoms with E-state index in [1.54, 1.807) is 12.1 Å². The summed E-state index contributed by atoms with van der Waals surface area (Å²) >= 11 is 1.24. The van der Waals surface area contributed by atoms with Crippen LogP contribution in [0.25, 0.3) is 4.85 Å². The fraction of sp³-hybridized carbons (Fsp3) is 0.143. The summed E-state index contributed by atoms with van der Waals surface area (Å²) in [5.74, 6) is 0.0277. The van der Waals surface area contributed by atoms with Crippen molar-refractivity contribution in [3.63, 3.8) is 0 Å². The molecule has 2 nitrogen and oxygen atoms in total. The average Bonchev–Trinajstić information content (AvgIpc) is 2.34. The van der Waals surface area contributed by atoms with Gasteiger partial charge >= 0.3 is 0 Å². The Morgan fingerprint density at radius 3 is 2.70 bits per heavy atom. The molecule has 0 amide bonds. The largest absolute Gasteiger partial charge is 0.294 e. The van der Waals surface area contributed by atoms with Gasteiger partial charge in [0.1, 0.15) is 0 Å². The smallest absolute Gasteiger partial charge is 0.241 e. The van der Waals surface area contributed by atoms with Crippen molar-refractivity contribution in [2.45, 2.75) is 6.92 Å². The SMILES string of the molecule is [C-]#[N+]c1ccc(C(C)=O)s1. The molecule has 0 spiro atoms. The van der Waals surface area contributed by atoms with Gasteiger partial charge < -0.3 is 0 Å². The summed E-state index contributed by atoms with van der Waals surface area (Å²) in [6, 6.07) is 3.34. The Balaban J connectivity index is 3.02. The van der Waals surface area contributed by atoms with Gasteiger partial charge in [-0.2, -0.15) is 11.3 Å². The van der Waals surface area contributed by atoms with Crippen LogP contribution in [0.5, 0.6) is 0 Å². The summed E-state index contributed by atoms with van der Waals surface area (Å²) in [4.78, 5) is 14.5. The highest BCUT2D eigenvalue weighted by molar-refractivity contribution is 7.18. The lowest BCUT2D eigenvalue weighted by Crippen LogP contribution is -1.83. The van der Waals surface area contributed by atoms with Crippen LogP contribution in [0.1, 0.15) is 16.6 Å². The highest BCUT2D eigenvalue weighted by Gasteiger charge is 2.01. The number of nitrogens with zero attached hydrogens (tertiary/aromatic N) is 1. The Morgan fingerprint density at radius 2 is 2.40 bits per heavy atom. The Labute approximate surface area is 62.9 Å². The van der Waals surface area contributed by atoms with Gasteiger partial charge in [0, 0.05) is 0 Å². The van der Waals surface area contributed by atoms with Gasteiger partial charge in [-0.1, -0.05) is 6.07 Å². The van der Waals surface area contributed by atoms with Crippen LogP contribution in [-0.4, -0.2) is 5.78 Å². The number of carbonyl (C=O) groups is 1. The molecule has 0 N–H and O–H groups in total. The van der Waals surface area contributed by atoms with Crippen LogP contribution in [0.2, 0.25) is 0 Å². The normalized spacial score (nSPS) is 8.80. The highest BCUT2D eigenvalue weighted by atomic mass is 32.1. The third-order valence-electron chi connectivity index (χ3n) is 1.05. The van der Waals surface area contributed by atoms with Crippen LogP contribution in [0.4, 0.5) is 5.00 Å². The molecule has 1 aromatic heterocycles. The molecule has 0 aromatic carbocycles. The van der Waals surface area contributed by atoms with E-state index in [1.165, 1.54) is 18.3 Å². The van der Waals surface area contributed by atoms with Gasteiger partial charge in [0.2, 0.25) is 5.00 Å². The number of carbonyl (C=O) groups excluding carboxylic acids is 1. The lowest BCUT2D eigenvalue weighted by Gasteiger charge is -1.81. The van der Waals surface area contributed by atoms with E-state index in [0.717, 1.165) is 0 Å². The van der Waals surface area contributed by atoms with E-state index >= 15 is 0 Å². The average molecular weight is 151 g/mol. The van der Waals surface area contributed by atoms with Crippen molar-refractivity contribution in [2.75, 3.05) is 0 Å². The van der Waals surface area contributed by atoms with Crippen LogP contribution >= 0.6 is 11.3 Å². The third kappa shape index (κ3) is 1.23. The van der Waals surface area contributed by atoms with Crippen molar-refractivity contribution in [3.05, 3.63) is 28.4 Å². The van der Waals surface area contributed by atoms with Crippen LogP contribution in [0.15, 0.2) is 12.1 Å². The van der Waals surface area contributed by atoms with Crippen LogP contribution in [0.3, 0.4) is 0 Å². The summed E-state index contributed by atoms with van der Waals surface area (Å²) in [5, 5.41) is 0.574. The first-order valence-corrected chi connectivity index (χ1v) is 3.54. The van der Waals surface area contributed by atoms with Gasteiger partial charge in [-0.15, -0.1) is 0 Å². The number of rotatable bonds is 1. The second-order valence-corrected chi connectivity index (χ2v) is 2.87. The zero-order valence-corrected chi connectivity index (χ0v) is 6.23. The minimum atomic E-state index is 0.0277. The van der Waals surface area contributed by atoms with E-state index in [-0.39, 0.29) is 5.78 Å². The topological polar surface area (TPSA) is 21.4 Å². The second kappa shape index (κ2) is 2.63. The van der Waals surface area contributed by atoms with Crippen molar-refractivity contribution >= 4 is 22.1 Å². The number of thiophene rings is 1. The van der Waals surface area contributed by atoms with Crippen molar-refractivity contribution in [1.82, 2.24) is 0 Å². The third-order valence-corrected chi connectivity index (χ3v) is 2.13. The van der Waals surface area contributed by atoms with E-state index in [1.807, 2.05) is 0 Å². The van der Waals surface area contributed by atoms with Gasteiger partial charge in [-0.3, -0.25) is 4.79 Å². The standard InChI is InChI=1S/C7H5NOS/c1-5(9)6-3-4-7(8-2)10-6/h3-4H,1H3. The first kappa shape index (κ1) is 6.97. The lowest BCUT2D eigenvalue weighted by atomic mass is 10.4. The van der Waals surface area contributed by atoms with Crippen LogP contribution in [0, 0.1) is 6.57 Å². The Morgan fingerprint density at radius 1 is 1.70 bits per heavy atom. The number of ketones is 1. The molecule has 0 aliphatic heterocycles. The molecule has 1 aromatic rings. The Kier molecular flexibility index (Phi) is 1.83. The summed E-state index contributed by atoms with van der Waals surface area (Å²) in [6.45, 7) is 8.12. The van der Waals surface area contributed by atoms with E-state index in [4.69, 9.17) is 6.57 Å². The molecule has 0 saturated heterocycles. The molecule has 1 rings (SSSR count). The molecule has 0 atom stereocenters. The van der Waals surface area contributed by atoms with Crippen molar-refractivity contribution < 1.29 is 4.79 Å². The van der Waals surface area contributed by atoms with Gasteiger partial charge in [0.05, 0.1) is 11.4 Å². The minimum absolute atomic E-state index is 0.0277. The zero-order valence-electron chi connectivity index (χ0n) is 5.42. The molecule has 1 heterocycles. The van der Waals surface area contributed by atoms with Gasteiger partial charge in [-0.05, 0) is 13.0 Å². The predicted molar refractivity (Wildman–Crippen MR) is 40.6 cm³/mol. The molecule has 0 aliphatic rings. The molecule has 0 bridgehead atoms. The summed E-state index contributed by atoms with van der Waals surface area (Å²) < 4.78 is 0. The summed E-state index contributed by atoms with van der Waals surface area (Å²) in [7, 11) is 0. The number of Topliss-reactive ketones (excluding diaryl/α,β-unsaturated/α-hetero) is 1. The maximum Gasteiger partial charge on any atom is 0.241 e. The molecule has 50 valence electrons. The zero-order chi connectivity index (χ0) is 7.56. The first-order valence-electron chi connectivity index (χ1n) is 2.72. The quantitative estimate of drug-likeness (QED) is 0.446. The molecule has 0 fully saturated rings. The number of hydrogen-bond donors (Lipinski definition) is 0. The van der Waals surface area contributed by atoms with Gasteiger partial charge in [-0.25, -0.2) is 4.85 Å². The van der Waals surface area contributed by atoms with E-state index in [2.05, 4.69) is 4.85 Å². The fourth-order valence-electron chi connectivity index (χ4n) is 0.577. The molecular formula is C7H5NOS. The first-order chi connectivity index (χ1) is 4.74. The summed E-state index contributed by atoms with van der Waals surface area (Å²) in [5.41, 5.74) is 0. The molecule has 10 heavy (non-hydrogen) atoms. The minimum Gasteiger partial charge on any atom is -0.294 e. The molecule has 0 aliphatic carbocycles. The van der Waals surface area contributed by atoms with E-state index in [9.17, 15) is 4.79 Å². The monoisotopic (exact) mass is 151 g/mol. The highest BCUT2D eigenvalue weighted by Crippen LogP contribution is 2.24. The fourth-order valence-corrected chi connectivity index (χ4v) is 1.26. The predicted octanol–water partition coefficient (Wildman–Crippen LogP) is 2.50. The van der Waals surface area contributed by atoms with Crippen LogP contribution in [-0.2, 0) is 0 Å². The maximum atomic E-state index is 10.7. The Bertz CT molecular complexity index is 295. The van der Waals surface area contributed by atoms with E-state index < -0.39 is 0 Å².